The highest BCUT2D eigenvalue weighted by Gasteiger charge is 2.43. The fourth-order valence-electron chi connectivity index (χ4n) is 2.96. The lowest BCUT2D eigenvalue weighted by Crippen LogP contribution is -2.41. The van der Waals surface area contributed by atoms with Crippen LogP contribution in [0.1, 0.15) is 56.1 Å². The predicted octanol–water partition coefficient (Wildman–Crippen LogP) is 3.64. The van der Waals surface area contributed by atoms with Crippen molar-refractivity contribution in [2.75, 3.05) is 6.54 Å². The van der Waals surface area contributed by atoms with Crippen LogP contribution in [-0.4, -0.2) is 11.7 Å². The highest BCUT2D eigenvalue weighted by molar-refractivity contribution is 7.10. The molecule has 0 spiro atoms. The Morgan fingerprint density at radius 2 is 1.94 bits per heavy atom. The molecule has 3 heteroatoms. The topological polar surface area (TPSA) is 46.2 Å². The summed E-state index contributed by atoms with van der Waals surface area (Å²) in [7, 11) is 0. The van der Waals surface area contributed by atoms with Gasteiger partial charge >= 0.3 is 0 Å². The van der Waals surface area contributed by atoms with E-state index in [1.54, 1.807) is 11.3 Å². The van der Waals surface area contributed by atoms with Gasteiger partial charge in [-0.05, 0) is 55.0 Å². The van der Waals surface area contributed by atoms with Crippen molar-refractivity contribution >= 4 is 11.3 Å². The zero-order chi connectivity index (χ0) is 13.4. The minimum atomic E-state index is -0.390. The molecular formula is C15H25NOS. The van der Waals surface area contributed by atoms with Crippen LogP contribution in [-0.2, 0) is 0 Å². The Hall–Kier alpha value is -0.380. The fraction of sp³-hybridized carbons (Fsp3) is 0.733. The highest BCUT2D eigenvalue weighted by Crippen LogP contribution is 2.51. The lowest BCUT2D eigenvalue weighted by atomic mass is 9.62. The molecule has 1 unspecified atom stereocenters. The van der Waals surface area contributed by atoms with Gasteiger partial charge in [-0.15, -0.1) is 11.3 Å². The van der Waals surface area contributed by atoms with E-state index >= 15 is 0 Å². The first-order chi connectivity index (χ1) is 8.40. The zero-order valence-corrected chi connectivity index (χ0v) is 12.5. The fourth-order valence-corrected chi connectivity index (χ4v) is 4.01. The van der Waals surface area contributed by atoms with Gasteiger partial charge in [-0.2, -0.15) is 0 Å². The van der Waals surface area contributed by atoms with Crippen LogP contribution in [0.4, 0.5) is 0 Å². The number of rotatable bonds is 3. The van der Waals surface area contributed by atoms with E-state index in [0.29, 0.717) is 12.0 Å². The van der Waals surface area contributed by atoms with E-state index in [4.69, 9.17) is 5.73 Å². The van der Waals surface area contributed by atoms with Gasteiger partial charge in [-0.1, -0.05) is 13.8 Å². The van der Waals surface area contributed by atoms with E-state index in [0.717, 1.165) is 30.6 Å². The molecule has 0 radical (unpaired) electrons. The molecule has 2 rings (SSSR count). The second-order valence-corrected chi connectivity index (χ2v) is 7.55. The molecule has 0 saturated heterocycles. The second-order valence-electron chi connectivity index (χ2n) is 6.60. The van der Waals surface area contributed by atoms with Crippen molar-refractivity contribution in [3.05, 3.63) is 21.9 Å². The summed E-state index contributed by atoms with van der Waals surface area (Å²) < 4.78 is 0. The Morgan fingerprint density at radius 3 is 2.39 bits per heavy atom. The van der Waals surface area contributed by atoms with Gasteiger partial charge in [-0.3, -0.25) is 0 Å². The van der Waals surface area contributed by atoms with Crippen molar-refractivity contribution in [2.45, 2.75) is 52.6 Å². The first kappa shape index (κ1) is 14.0. The summed E-state index contributed by atoms with van der Waals surface area (Å²) in [6.07, 6.45) is 4.00. The van der Waals surface area contributed by atoms with E-state index in [-0.39, 0.29) is 5.41 Å². The molecule has 1 aromatic rings. The van der Waals surface area contributed by atoms with Crippen LogP contribution >= 0.6 is 11.3 Å². The lowest BCUT2D eigenvalue weighted by Gasteiger charge is -2.45. The number of nitrogens with two attached hydrogens (primary N) is 1. The number of hydrogen-bond donors (Lipinski definition) is 2. The Labute approximate surface area is 114 Å². The molecule has 0 bridgehead atoms. The maximum Gasteiger partial charge on any atom is 0.0952 e. The molecule has 1 atom stereocenters. The van der Waals surface area contributed by atoms with Gasteiger partial charge in [0, 0.05) is 16.8 Å². The normalized spacial score (nSPS) is 23.8. The number of aliphatic hydroxyl groups is 1. The number of aliphatic hydroxyl groups excluding tert-OH is 1. The van der Waals surface area contributed by atoms with Crippen LogP contribution in [0.25, 0.3) is 0 Å². The summed E-state index contributed by atoms with van der Waals surface area (Å²) in [5.41, 5.74) is 7.53. The molecule has 102 valence electrons. The highest BCUT2D eigenvalue weighted by atomic mass is 32.1. The summed E-state index contributed by atoms with van der Waals surface area (Å²) in [5, 5.41) is 12.8. The Morgan fingerprint density at radius 1 is 1.33 bits per heavy atom. The van der Waals surface area contributed by atoms with E-state index in [1.807, 2.05) is 0 Å². The van der Waals surface area contributed by atoms with Crippen LogP contribution in [0.15, 0.2) is 11.4 Å². The van der Waals surface area contributed by atoms with Gasteiger partial charge in [0.2, 0.25) is 0 Å². The SMILES string of the molecule is Cc1ccsc1C(O)C1(CN)CCC(C)(C)CC1. The molecule has 1 aromatic heterocycles. The molecule has 1 aliphatic carbocycles. The summed E-state index contributed by atoms with van der Waals surface area (Å²) >= 11 is 1.66. The van der Waals surface area contributed by atoms with Crippen LogP contribution in [0, 0.1) is 17.8 Å². The van der Waals surface area contributed by atoms with E-state index < -0.39 is 6.10 Å². The molecule has 0 aromatic carbocycles. The van der Waals surface area contributed by atoms with Crippen molar-refractivity contribution < 1.29 is 5.11 Å². The number of hydrogen-bond acceptors (Lipinski definition) is 3. The zero-order valence-electron chi connectivity index (χ0n) is 11.7. The van der Waals surface area contributed by atoms with E-state index in [1.165, 1.54) is 5.56 Å². The second kappa shape index (κ2) is 4.95. The van der Waals surface area contributed by atoms with Gasteiger partial charge in [0.25, 0.3) is 0 Å². The van der Waals surface area contributed by atoms with Crippen molar-refractivity contribution in [3.8, 4) is 0 Å². The smallest absolute Gasteiger partial charge is 0.0952 e. The summed E-state index contributed by atoms with van der Waals surface area (Å²) in [5.74, 6) is 0. The van der Waals surface area contributed by atoms with Gasteiger partial charge in [-0.25, -0.2) is 0 Å². The monoisotopic (exact) mass is 267 g/mol. The van der Waals surface area contributed by atoms with Crippen LogP contribution in [0.2, 0.25) is 0 Å². The van der Waals surface area contributed by atoms with E-state index in [9.17, 15) is 5.11 Å². The predicted molar refractivity (Wildman–Crippen MR) is 77.8 cm³/mol. The minimum absolute atomic E-state index is 0.106. The van der Waals surface area contributed by atoms with Crippen molar-refractivity contribution in [3.63, 3.8) is 0 Å². The minimum Gasteiger partial charge on any atom is -0.387 e. The van der Waals surface area contributed by atoms with Gasteiger partial charge in [0.1, 0.15) is 0 Å². The van der Waals surface area contributed by atoms with Crippen molar-refractivity contribution in [2.24, 2.45) is 16.6 Å². The maximum atomic E-state index is 10.8. The van der Waals surface area contributed by atoms with Gasteiger partial charge < -0.3 is 10.8 Å². The molecule has 2 nitrogen and oxygen atoms in total. The Balaban J connectivity index is 2.21. The molecule has 0 aliphatic heterocycles. The largest absolute Gasteiger partial charge is 0.387 e. The first-order valence-electron chi connectivity index (χ1n) is 6.82. The molecule has 1 heterocycles. The maximum absolute atomic E-state index is 10.8. The van der Waals surface area contributed by atoms with Gasteiger partial charge in [0.05, 0.1) is 6.10 Å². The standard InChI is InChI=1S/C15H25NOS/c1-11-4-9-18-12(11)13(17)15(10-16)7-5-14(2,3)6-8-15/h4,9,13,17H,5-8,10,16H2,1-3H3. The van der Waals surface area contributed by atoms with E-state index in [2.05, 4.69) is 32.2 Å². The quantitative estimate of drug-likeness (QED) is 0.878. The van der Waals surface area contributed by atoms with Crippen molar-refractivity contribution in [1.29, 1.82) is 0 Å². The van der Waals surface area contributed by atoms with Crippen LogP contribution < -0.4 is 5.73 Å². The Bertz CT molecular complexity index is 400. The molecule has 1 saturated carbocycles. The summed E-state index contributed by atoms with van der Waals surface area (Å²) in [4.78, 5) is 1.11. The molecular weight excluding hydrogens is 242 g/mol. The Kier molecular flexibility index (Phi) is 3.86. The molecule has 0 amide bonds. The third kappa shape index (κ3) is 2.49. The third-order valence-electron chi connectivity index (χ3n) is 4.74. The van der Waals surface area contributed by atoms with Gasteiger partial charge in [0.15, 0.2) is 0 Å². The van der Waals surface area contributed by atoms with Crippen LogP contribution in [0.3, 0.4) is 0 Å². The van der Waals surface area contributed by atoms with Crippen molar-refractivity contribution in [1.82, 2.24) is 0 Å². The summed E-state index contributed by atoms with van der Waals surface area (Å²) in [6, 6.07) is 2.08. The molecule has 18 heavy (non-hydrogen) atoms. The average molecular weight is 267 g/mol. The molecule has 1 fully saturated rings. The number of aryl methyl sites for hydroxylation is 1. The third-order valence-corrected chi connectivity index (χ3v) is 5.81. The average Bonchev–Trinajstić information content (AvgIpc) is 2.75. The summed E-state index contributed by atoms with van der Waals surface area (Å²) in [6.45, 7) is 7.29. The lowest BCUT2D eigenvalue weighted by molar-refractivity contribution is -0.0218. The van der Waals surface area contributed by atoms with Crippen LogP contribution in [0.5, 0.6) is 0 Å². The number of thiophene rings is 1. The molecule has 3 N–H and O–H groups in total. The molecule has 1 aliphatic rings. The first-order valence-corrected chi connectivity index (χ1v) is 7.70.